The van der Waals surface area contributed by atoms with Crippen LogP contribution in [0.4, 0.5) is 5.82 Å². The largest absolute Gasteiger partial charge is 0.504 e. The van der Waals surface area contributed by atoms with Crippen molar-refractivity contribution in [2.45, 2.75) is 0 Å². The van der Waals surface area contributed by atoms with Crippen molar-refractivity contribution in [1.82, 2.24) is 4.98 Å². The van der Waals surface area contributed by atoms with Gasteiger partial charge < -0.3 is 15.6 Å². The molecule has 4 aromatic rings. The first kappa shape index (κ1) is 19.5. The number of halogens is 1. The molecule has 0 aliphatic rings. The Morgan fingerprint density at radius 2 is 1.67 bits per heavy atom. The summed E-state index contributed by atoms with van der Waals surface area (Å²) in [6.45, 7) is 0. The van der Waals surface area contributed by atoms with E-state index in [1.54, 1.807) is 36.4 Å². The maximum absolute atomic E-state index is 10.5. The third kappa shape index (κ3) is 3.84. The zero-order valence-corrected chi connectivity index (χ0v) is 17.3. The number of pyridine rings is 1. The average molecular weight is 458 g/mol. The Morgan fingerprint density at radius 3 is 2.37 bits per heavy atom. The summed E-state index contributed by atoms with van der Waals surface area (Å²) in [5.41, 5.74) is 9.03. The number of hydrogen-bond donors (Lipinski definition) is 2. The SMILES string of the molecule is N#Cc1c(-c2ccc(Oc3ccccc3)c(O)c2)cc(-c2ccccc2Br)nc1N. The van der Waals surface area contributed by atoms with Gasteiger partial charge in [-0.15, -0.1) is 0 Å². The fourth-order valence-corrected chi connectivity index (χ4v) is 3.59. The summed E-state index contributed by atoms with van der Waals surface area (Å²) in [6.07, 6.45) is 0. The predicted molar refractivity (Wildman–Crippen MR) is 120 cm³/mol. The van der Waals surface area contributed by atoms with Gasteiger partial charge in [0.15, 0.2) is 11.5 Å². The van der Waals surface area contributed by atoms with Gasteiger partial charge in [0.05, 0.1) is 5.69 Å². The van der Waals surface area contributed by atoms with E-state index in [4.69, 9.17) is 10.5 Å². The molecule has 5 nitrogen and oxygen atoms in total. The number of nitrogens with zero attached hydrogens (tertiary/aromatic N) is 2. The molecule has 0 saturated heterocycles. The van der Waals surface area contributed by atoms with Crippen molar-refractivity contribution < 1.29 is 9.84 Å². The molecule has 0 amide bonds. The Morgan fingerprint density at radius 1 is 0.933 bits per heavy atom. The summed E-state index contributed by atoms with van der Waals surface area (Å²) in [6, 6.07) is 25.7. The van der Waals surface area contributed by atoms with Crippen molar-refractivity contribution >= 4 is 21.7 Å². The zero-order chi connectivity index (χ0) is 21.1. The van der Waals surface area contributed by atoms with E-state index in [0.29, 0.717) is 28.3 Å². The Balaban J connectivity index is 1.79. The van der Waals surface area contributed by atoms with Gasteiger partial charge in [-0.05, 0) is 42.0 Å². The van der Waals surface area contributed by atoms with Gasteiger partial charge in [-0.3, -0.25) is 0 Å². The quantitative estimate of drug-likeness (QED) is 0.384. The Hall–Kier alpha value is -3.82. The minimum absolute atomic E-state index is 0.0435. The Kier molecular flexibility index (Phi) is 5.38. The minimum Gasteiger partial charge on any atom is -0.504 e. The molecule has 0 fully saturated rings. The molecule has 146 valence electrons. The summed E-state index contributed by atoms with van der Waals surface area (Å²) in [4.78, 5) is 4.40. The molecule has 0 radical (unpaired) electrons. The fourth-order valence-electron chi connectivity index (χ4n) is 3.10. The van der Waals surface area contributed by atoms with Crippen LogP contribution in [0.2, 0.25) is 0 Å². The van der Waals surface area contributed by atoms with Gasteiger partial charge in [0.1, 0.15) is 23.2 Å². The summed E-state index contributed by atoms with van der Waals surface area (Å²) in [7, 11) is 0. The van der Waals surface area contributed by atoms with Crippen molar-refractivity contribution in [3.05, 3.63) is 88.9 Å². The van der Waals surface area contributed by atoms with Crippen molar-refractivity contribution in [2.75, 3.05) is 5.73 Å². The number of phenolic OH excluding ortho intramolecular Hbond substituents is 1. The van der Waals surface area contributed by atoms with E-state index >= 15 is 0 Å². The molecule has 1 aromatic heterocycles. The van der Waals surface area contributed by atoms with Gasteiger partial charge >= 0.3 is 0 Å². The van der Waals surface area contributed by atoms with Crippen molar-refractivity contribution in [3.63, 3.8) is 0 Å². The summed E-state index contributed by atoms with van der Waals surface area (Å²) in [5, 5.41) is 20.1. The van der Waals surface area contributed by atoms with E-state index in [-0.39, 0.29) is 17.1 Å². The van der Waals surface area contributed by atoms with Crippen LogP contribution in [0.25, 0.3) is 22.4 Å². The number of ether oxygens (including phenoxy) is 1. The molecule has 0 unspecified atom stereocenters. The fraction of sp³-hybridized carbons (Fsp3) is 0. The van der Waals surface area contributed by atoms with Gasteiger partial charge in [-0.1, -0.05) is 58.4 Å². The summed E-state index contributed by atoms with van der Waals surface area (Å²) >= 11 is 3.52. The second-order valence-corrected chi connectivity index (χ2v) is 7.36. The van der Waals surface area contributed by atoms with Crippen LogP contribution in [0.15, 0.2) is 83.3 Å². The summed E-state index contributed by atoms with van der Waals surface area (Å²) in [5.74, 6) is 1.02. The van der Waals surface area contributed by atoms with Crippen molar-refractivity contribution in [2.24, 2.45) is 0 Å². The van der Waals surface area contributed by atoms with Crippen molar-refractivity contribution in [3.8, 4) is 45.7 Å². The maximum Gasteiger partial charge on any atom is 0.169 e. The van der Waals surface area contributed by atoms with Crippen LogP contribution in [0.5, 0.6) is 17.2 Å². The molecule has 0 bridgehead atoms. The number of nitrogen functional groups attached to an aromatic ring is 1. The number of aromatic nitrogens is 1. The Labute approximate surface area is 182 Å². The van der Waals surface area contributed by atoms with Gasteiger partial charge in [-0.25, -0.2) is 4.98 Å². The van der Waals surface area contributed by atoms with Gasteiger partial charge in [-0.2, -0.15) is 5.26 Å². The standard InChI is InChI=1S/C24H16BrN3O2/c25-20-9-5-4-8-17(20)21-13-18(19(14-26)24(27)28-21)15-10-11-23(22(29)12-15)30-16-6-2-1-3-7-16/h1-13,29H,(H2,27,28). The lowest BCUT2D eigenvalue weighted by Gasteiger charge is -2.13. The van der Waals surface area contributed by atoms with Crippen molar-refractivity contribution in [1.29, 1.82) is 5.26 Å². The van der Waals surface area contributed by atoms with Gasteiger partial charge in [0, 0.05) is 15.6 Å². The highest BCUT2D eigenvalue weighted by Crippen LogP contribution is 2.38. The highest BCUT2D eigenvalue weighted by Gasteiger charge is 2.16. The lowest BCUT2D eigenvalue weighted by atomic mass is 9.98. The second-order valence-electron chi connectivity index (χ2n) is 6.50. The van der Waals surface area contributed by atoms with Gasteiger partial charge in [0.25, 0.3) is 0 Å². The number of nitrogens with two attached hydrogens (primary N) is 1. The molecule has 0 atom stereocenters. The van der Waals surface area contributed by atoms with Crippen LogP contribution in [-0.2, 0) is 0 Å². The first-order valence-corrected chi connectivity index (χ1v) is 9.88. The molecular formula is C24H16BrN3O2. The third-order valence-corrected chi connectivity index (χ3v) is 5.24. The van der Waals surface area contributed by atoms with Crippen LogP contribution in [0.3, 0.4) is 0 Å². The van der Waals surface area contributed by atoms with Crippen LogP contribution < -0.4 is 10.5 Å². The topological polar surface area (TPSA) is 92.2 Å². The molecule has 4 rings (SSSR count). The number of aromatic hydroxyl groups is 1. The highest BCUT2D eigenvalue weighted by atomic mass is 79.9. The lowest BCUT2D eigenvalue weighted by Crippen LogP contribution is -2.00. The number of rotatable bonds is 4. The molecule has 30 heavy (non-hydrogen) atoms. The molecule has 6 heteroatoms. The van der Waals surface area contributed by atoms with E-state index in [1.807, 2.05) is 42.5 Å². The first-order chi connectivity index (χ1) is 14.6. The van der Waals surface area contributed by atoms with Crippen LogP contribution in [-0.4, -0.2) is 10.1 Å². The lowest BCUT2D eigenvalue weighted by molar-refractivity contribution is 0.411. The van der Waals surface area contributed by atoms with E-state index in [9.17, 15) is 10.4 Å². The zero-order valence-electron chi connectivity index (χ0n) is 15.7. The molecule has 0 aliphatic carbocycles. The molecule has 3 aromatic carbocycles. The number of hydrogen-bond acceptors (Lipinski definition) is 5. The van der Waals surface area contributed by atoms with E-state index < -0.39 is 0 Å². The molecule has 3 N–H and O–H groups in total. The summed E-state index contributed by atoms with van der Waals surface area (Å²) < 4.78 is 6.59. The number of benzene rings is 3. The number of nitriles is 1. The average Bonchev–Trinajstić information content (AvgIpc) is 2.75. The molecule has 0 saturated carbocycles. The molecular weight excluding hydrogens is 442 g/mol. The van der Waals surface area contributed by atoms with Gasteiger partial charge in [0.2, 0.25) is 0 Å². The molecule has 0 spiro atoms. The van der Waals surface area contributed by atoms with Crippen LogP contribution in [0, 0.1) is 11.3 Å². The molecule has 0 aliphatic heterocycles. The van der Waals surface area contributed by atoms with E-state index in [0.717, 1.165) is 10.0 Å². The maximum atomic E-state index is 10.5. The minimum atomic E-state index is -0.0435. The van der Waals surface area contributed by atoms with Crippen LogP contribution in [0.1, 0.15) is 5.56 Å². The Bertz CT molecular complexity index is 1270. The molecule has 1 heterocycles. The first-order valence-electron chi connectivity index (χ1n) is 9.08. The number of anilines is 1. The van der Waals surface area contributed by atoms with E-state index in [1.165, 1.54) is 0 Å². The second kappa shape index (κ2) is 8.27. The highest BCUT2D eigenvalue weighted by molar-refractivity contribution is 9.10. The third-order valence-electron chi connectivity index (χ3n) is 4.55. The van der Waals surface area contributed by atoms with E-state index in [2.05, 4.69) is 27.0 Å². The smallest absolute Gasteiger partial charge is 0.169 e. The van der Waals surface area contributed by atoms with Crippen LogP contribution >= 0.6 is 15.9 Å². The predicted octanol–water partition coefficient (Wildman–Crippen LogP) is 6.13. The normalized spacial score (nSPS) is 10.4. The number of para-hydroxylation sites is 1. The number of phenols is 1. The monoisotopic (exact) mass is 457 g/mol.